The van der Waals surface area contributed by atoms with Gasteiger partial charge in [0.15, 0.2) is 0 Å². The van der Waals surface area contributed by atoms with E-state index in [4.69, 9.17) is 0 Å². The molecule has 0 radical (unpaired) electrons. The first-order valence-electron chi connectivity index (χ1n) is 11.7. The van der Waals surface area contributed by atoms with E-state index < -0.39 is 6.10 Å². The molecule has 4 rings (SSSR count). The molecule has 180 valence electrons. The zero-order valence-electron chi connectivity index (χ0n) is 20.4. The third kappa shape index (κ3) is 5.27. The summed E-state index contributed by atoms with van der Waals surface area (Å²) in [6.07, 6.45) is 4.33. The van der Waals surface area contributed by atoms with Crippen LogP contribution in [-0.2, 0) is 0 Å². The van der Waals surface area contributed by atoms with Crippen LogP contribution in [0, 0.1) is 5.92 Å². The number of nitrogens with zero attached hydrogens (tertiary/aromatic N) is 4. The van der Waals surface area contributed by atoms with E-state index in [2.05, 4.69) is 37.5 Å². The minimum absolute atomic E-state index is 0.0949. The number of nitrogens with one attached hydrogen (secondary N) is 2. The first-order valence-corrected chi connectivity index (χ1v) is 11.7. The second-order valence-electron chi connectivity index (χ2n) is 8.91. The summed E-state index contributed by atoms with van der Waals surface area (Å²) in [7, 11) is 1.63. The maximum Gasteiger partial charge on any atom is 0.251 e. The number of carbonyl (C=O) groups excluding carboxylic acids is 1. The third-order valence-corrected chi connectivity index (χ3v) is 6.08. The van der Waals surface area contributed by atoms with Crippen molar-refractivity contribution < 1.29 is 9.90 Å². The molecule has 0 spiro atoms. The number of benzene rings is 1. The second kappa shape index (κ2) is 10.6. The van der Waals surface area contributed by atoms with Crippen LogP contribution < -0.4 is 10.6 Å². The van der Waals surface area contributed by atoms with E-state index in [1.807, 2.05) is 50.2 Å². The molecule has 2 atom stereocenters. The lowest BCUT2D eigenvalue weighted by Gasteiger charge is -2.16. The number of rotatable bonds is 8. The van der Waals surface area contributed by atoms with Crippen molar-refractivity contribution in [2.45, 2.75) is 32.8 Å². The Hall–Kier alpha value is -3.91. The predicted molar refractivity (Wildman–Crippen MR) is 137 cm³/mol. The highest BCUT2D eigenvalue weighted by Gasteiger charge is 2.16. The number of aliphatic hydroxyl groups excluding tert-OH is 1. The van der Waals surface area contributed by atoms with Gasteiger partial charge >= 0.3 is 0 Å². The molecule has 35 heavy (non-hydrogen) atoms. The van der Waals surface area contributed by atoms with Crippen molar-refractivity contribution in [3.8, 4) is 11.3 Å². The third-order valence-electron chi connectivity index (χ3n) is 6.08. The molecule has 0 saturated carbocycles. The van der Waals surface area contributed by atoms with Crippen molar-refractivity contribution in [3.05, 3.63) is 78.0 Å². The quantitative estimate of drug-likeness (QED) is 0.351. The maximum absolute atomic E-state index is 12.3. The number of hydrogen-bond acceptors (Lipinski definition) is 7. The summed E-state index contributed by atoms with van der Waals surface area (Å²) in [6, 6.07) is 13.3. The molecule has 3 heterocycles. The Kier molecular flexibility index (Phi) is 7.31. The Balaban J connectivity index is 1.51. The van der Waals surface area contributed by atoms with Crippen LogP contribution in [0.15, 0.2) is 61.2 Å². The number of hydrogen-bond donors (Lipinski definition) is 3. The fourth-order valence-corrected chi connectivity index (χ4v) is 3.98. The Morgan fingerprint density at radius 1 is 1.03 bits per heavy atom. The highest BCUT2D eigenvalue weighted by molar-refractivity contribution is 6.06. The predicted octanol–water partition coefficient (Wildman–Crippen LogP) is 4.35. The van der Waals surface area contributed by atoms with Crippen LogP contribution in [0.25, 0.3) is 22.2 Å². The van der Waals surface area contributed by atoms with Crippen LogP contribution in [0.1, 0.15) is 54.4 Å². The molecule has 0 bridgehead atoms. The molecular weight excluding hydrogens is 440 g/mol. The largest absolute Gasteiger partial charge is 0.387 e. The van der Waals surface area contributed by atoms with E-state index in [-0.39, 0.29) is 17.7 Å². The molecule has 0 aliphatic carbocycles. The molecule has 3 aromatic heterocycles. The summed E-state index contributed by atoms with van der Waals surface area (Å²) in [4.78, 5) is 30.0. The SMILES string of the molecule is CNC(=O)c1ccnc2c(C(C)CNc3cc(-c4ccc(C(O)C(C)C)nc4)ncn3)cccc12. The lowest BCUT2D eigenvalue weighted by atomic mass is 9.96. The molecule has 0 saturated heterocycles. The number of aromatic nitrogens is 4. The van der Waals surface area contributed by atoms with E-state index in [0.717, 1.165) is 27.7 Å². The maximum atomic E-state index is 12.3. The average Bonchev–Trinajstić information content (AvgIpc) is 2.90. The minimum Gasteiger partial charge on any atom is -0.387 e. The van der Waals surface area contributed by atoms with Gasteiger partial charge in [-0.1, -0.05) is 39.0 Å². The first kappa shape index (κ1) is 24.2. The minimum atomic E-state index is -0.593. The van der Waals surface area contributed by atoms with Gasteiger partial charge in [-0.15, -0.1) is 0 Å². The lowest BCUT2D eigenvalue weighted by molar-refractivity contribution is 0.0964. The van der Waals surface area contributed by atoms with E-state index in [0.29, 0.717) is 23.6 Å². The van der Waals surface area contributed by atoms with Crippen LogP contribution in [0.5, 0.6) is 0 Å². The van der Waals surface area contributed by atoms with Gasteiger partial charge in [0.2, 0.25) is 0 Å². The first-order chi connectivity index (χ1) is 16.9. The zero-order valence-corrected chi connectivity index (χ0v) is 20.4. The second-order valence-corrected chi connectivity index (χ2v) is 8.91. The van der Waals surface area contributed by atoms with Gasteiger partial charge < -0.3 is 15.7 Å². The summed E-state index contributed by atoms with van der Waals surface area (Å²) in [5, 5.41) is 17.1. The highest BCUT2D eigenvalue weighted by atomic mass is 16.3. The smallest absolute Gasteiger partial charge is 0.251 e. The topological polar surface area (TPSA) is 113 Å². The molecule has 1 amide bonds. The molecule has 3 N–H and O–H groups in total. The molecule has 0 aliphatic rings. The number of amides is 1. The van der Waals surface area contributed by atoms with Gasteiger partial charge in [0.05, 0.1) is 28.6 Å². The highest BCUT2D eigenvalue weighted by Crippen LogP contribution is 2.27. The van der Waals surface area contributed by atoms with Gasteiger partial charge in [-0.3, -0.25) is 14.8 Å². The number of aliphatic hydroxyl groups is 1. The summed E-state index contributed by atoms with van der Waals surface area (Å²) in [5.74, 6) is 0.781. The van der Waals surface area contributed by atoms with Crippen molar-refractivity contribution in [2.24, 2.45) is 5.92 Å². The van der Waals surface area contributed by atoms with E-state index >= 15 is 0 Å². The monoisotopic (exact) mass is 470 g/mol. The van der Waals surface area contributed by atoms with Gasteiger partial charge in [-0.2, -0.15) is 0 Å². The molecule has 0 fully saturated rings. The molecular formula is C27H30N6O2. The zero-order chi connectivity index (χ0) is 24.9. The Bertz CT molecular complexity index is 1320. The van der Waals surface area contributed by atoms with Crippen LogP contribution >= 0.6 is 0 Å². The molecule has 4 aromatic rings. The van der Waals surface area contributed by atoms with Crippen molar-refractivity contribution in [3.63, 3.8) is 0 Å². The van der Waals surface area contributed by atoms with E-state index in [1.54, 1.807) is 25.5 Å². The number of para-hydroxylation sites is 1. The van der Waals surface area contributed by atoms with E-state index in [9.17, 15) is 9.90 Å². The summed E-state index contributed by atoms with van der Waals surface area (Å²) in [6.45, 7) is 6.65. The van der Waals surface area contributed by atoms with Gasteiger partial charge in [-0.05, 0) is 29.7 Å². The molecule has 2 unspecified atom stereocenters. The molecule has 8 nitrogen and oxygen atoms in total. The Morgan fingerprint density at radius 2 is 1.86 bits per heavy atom. The number of anilines is 1. The molecule has 8 heteroatoms. The van der Waals surface area contributed by atoms with Crippen LogP contribution in [0.4, 0.5) is 5.82 Å². The van der Waals surface area contributed by atoms with Crippen LogP contribution in [-0.4, -0.2) is 44.5 Å². The number of fused-ring (bicyclic) bond motifs is 1. The summed E-state index contributed by atoms with van der Waals surface area (Å²) in [5.41, 5.74) is 4.73. The van der Waals surface area contributed by atoms with E-state index in [1.165, 1.54) is 6.33 Å². The van der Waals surface area contributed by atoms with Gasteiger partial charge in [0.1, 0.15) is 12.1 Å². The van der Waals surface area contributed by atoms with Crippen molar-refractivity contribution in [1.82, 2.24) is 25.3 Å². The van der Waals surface area contributed by atoms with Crippen LogP contribution in [0.2, 0.25) is 0 Å². The van der Waals surface area contributed by atoms with Crippen molar-refractivity contribution in [2.75, 3.05) is 18.9 Å². The lowest BCUT2D eigenvalue weighted by Crippen LogP contribution is -2.18. The van der Waals surface area contributed by atoms with Gasteiger partial charge in [0, 0.05) is 48.9 Å². The van der Waals surface area contributed by atoms with Crippen molar-refractivity contribution >= 4 is 22.6 Å². The fourth-order valence-electron chi connectivity index (χ4n) is 3.98. The molecule has 0 aliphatic heterocycles. The van der Waals surface area contributed by atoms with Gasteiger partial charge in [-0.25, -0.2) is 9.97 Å². The number of carbonyl (C=O) groups is 1. The van der Waals surface area contributed by atoms with Crippen molar-refractivity contribution in [1.29, 1.82) is 0 Å². The Labute approximate surface area is 204 Å². The van der Waals surface area contributed by atoms with Crippen LogP contribution in [0.3, 0.4) is 0 Å². The Morgan fingerprint density at radius 3 is 2.57 bits per heavy atom. The summed E-state index contributed by atoms with van der Waals surface area (Å²) >= 11 is 0. The normalized spacial score (nSPS) is 13.0. The molecule has 1 aromatic carbocycles. The fraction of sp³-hybridized carbons (Fsp3) is 0.296. The standard InChI is InChI=1S/C27H30N6O2/c1-16(2)26(34)22-9-8-18(14-30-22)23-12-24(33-15-32-23)31-13-17(3)19-6-5-7-20-21(27(35)28-4)10-11-29-25(19)20/h5-12,14-17,26,34H,13H2,1-4H3,(H,28,35)(H,31,32,33). The number of pyridine rings is 2. The summed E-state index contributed by atoms with van der Waals surface area (Å²) < 4.78 is 0. The van der Waals surface area contributed by atoms with Gasteiger partial charge in [0.25, 0.3) is 5.91 Å². The average molecular weight is 471 g/mol.